The van der Waals surface area contributed by atoms with Gasteiger partial charge in [-0.15, -0.1) is 0 Å². The number of rotatable bonds is 1. The van der Waals surface area contributed by atoms with Gasteiger partial charge in [-0.1, -0.05) is 0 Å². The fourth-order valence-corrected chi connectivity index (χ4v) is 0. The molecular weight excluding hydrogens is 218 g/mol. The molecule has 0 heterocycles. The van der Waals surface area contributed by atoms with Crippen molar-refractivity contribution in [3.8, 4) is 0 Å². The van der Waals surface area contributed by atoms with E-state index in [4.69, 9.17) is 20.7 Å². The molecule has 9 heavy (non-hydrogen) atoms. The molecule has 0 amide bonds. The van der Waals surface area contributed by atoms with Crippen LogP contribution in [-0.2, 0) is 27.2 Å². The van der Waals surface area contributed by atoms with Crippen LogP contribution in [0.2, 0.25) is 0 Å². The molecule has 0 saturated heterocycles. The van der Waals surface area contributed by atoms with Crippen LogP contribution in [0.1, 0.15) is 6.92 Å². The molecular formula is C4H10AgNO3. The molecule has 0 aromatic rings. The minimum atomic E-state index is -1.08. The fourth-order valence-electron chi connectivity index (χ4n) is 0. The van der Waals surface area contributed by atoms with E-state index in [1.165, 1.54) is 0 Å². The van der Waals surface area contributed by atoms with Crippen LogP contribution in [0.5, 0.6) is 0 Å². The van der Waals surface area contributed by atoms with Crippen molar-refractivity contribution in [2.75, 3.05) is 13.2 Å². The van der Waals surface area contributed by atoms with E-state index in [1.54, 1.807) is 0 Å². The Morgan fingerprint density at radius 3 is 1.89 bits per heavy atom. The Morgan fingerprint density at radius 1 is 1.78 bits per heavy atom. The molecule has 0 bridgehead atoms. The van der Waals surface area contributed by atoms with Gasteiger partial charge in [0.05, 0.1) is 6.61 Å². The number of aliphatic hydroxyl groups excluding tert-OH is 1. The summed E-state index contributed by atoms with van der Waals surface area (Å²) < 4.78 is 0. The molecule has 0 aromatic carbocycles. The number of carboxylic acids is 1. The van der Waals surface area contributed by atoms with Gasteiger partial charge < -0.3 is 20.7 Å². The summed E-state index contributed by atoms with van der Waals surface area (Å²) >= 11 is 0. The van der Waals surface area contributed by atoms with Crippen LogP contribution in [0.4, 0.5) is 0 Å². The Morgan fingerprint density at radius 2 is 1.89 bits per heavy atom. The third-order valence-corrected chi connectivity index (χ3v) is 0.129. The quantitative estimate of drug-likeness (QED) is 0.494. The number of nitrogens with two attached hydrogens (primary N) is 1. The molecule has 60 valence electrons. The van der Waals surface area contributed by atoms with Crippen LogP contribution in [0.25, 0.3) is 0 Å². The Balaban J connectivity index is -0.0000000720. The van der Waals surface area contributed by atoms with Gasteiger partial charge in [0.25, 0.3) is 0 Å². The van der Waals surface area contributed by atoms with Gasteiger partial charge in [0.1, 0.15) is 0 Å². The number of hydrogen-bond acceptors (Lipinski definition) is 4. The Bertz CT molecular complexity index is 53.8. The molecule has 0 aliphatic heterocycles. The maximum atomic E-state index is 8.89. The molecule has 0 rings (SSSR count). The number of carbonyl (C=O) groups is 1. The van der Waals surface area contributed by atoms with Crippen LogP contribution in [-0.4, -0.2) is 24.2 Å². The zero-order valence-electron chi connectivity index (χ0n) is 5.06. The summed E-state index contributed by atoms with van der Waals surface area (Å²) in [5.74, 6) is -1.08. The summed E-state index contributed by atoms with van der Waals surface area (Å²) in [7, 11) is 0. The largest absolute Gasteiger partial charge is 1.00 e. The smallest absolute Gasteiger partial charge is 0.550 e. The van der Waals surface area contributed by atoms with E-state index in [9.17, 15) is 0 Å². The molecule has 0 aromatic heterocycles. The second-order valence-electron chi connectivity index (χ2n) is 1.00. The monoisotopic (exact) mass is 227 g/mol. The molecule has 0 spiro atoms. The molecule has 0 saturated carbocycles. The van der Waals surface area contributed by atoms with E-state index in [0.717, 1.165) is 6.92 Å². The zero-order valence-corrected chi connectivity index (χ0v) is 6.54. The summed E-state index contributed by atoms with van der Waals surface area (Å²) in [6.45, 7) is 1.44. The summed E-state index contributed by atoms with van der Waals surface area (Å²) in [6, 6.07) is 0. The third-order valence-electron chi connectivity index (χ3n) is 0.129. The Kier molecular flexibility index (Phi) is 28.0. The van der Waals surface area contributed by atoms with Crippen molar-refractivity contribution in [3.63, 3.8) is 0 Å². The first-order chi connectivity index (χ1) is 3.65. The minimum Gasteiger partial charge on any atom is -0.550 e. The summed E-state index contributed by atoms with van der Waals surface area (Å²) in [5.41, 5.74) is 4.78. The van der Waals surface area contributed by atoms with Crippen LogP contribution < -0.4 is 10.8 Å². The van der Waals surface area contributed by atoms with E-state index in [0.29, 0.717) is 6.54 Å². The first kappa shape index (κ1) is 16.1. The molecule has 0 unspecified atom stereocenters. The average Bonchev–Trinajstić information content (AvgIpc) is 1.65. The number of aliphatic carboxylic acids is 1. The molecule has 0 aliphatic rings. The maximum absolute atomic E-state index is 8.89. The van der Waals surface area contributed by atoms with Crippen molar-refractivity contribution in [1.29, 1.82) is 0 Å². The fraction of sp³-hybridized carbons (Fsp3) is 0.750. The van der Waals surface area contributed by atoms with Crippen molar-refractivity contribution in [2.45, 2.75) is 6.92 Å². The standard InChI is InChI=1S/C2H7NO.C2H4O2.Ag/c3-1-2-4;1-2(3)4;/h4H,1-3H2;1H3,(H,3,4);/q;;+1/p-1. The topological polar surface area (TPSA) is 86.4 Å². The van der Waals surface area contributed by atoms with Crippen LogP contribution in [0.15, 0.2) is 0 Å². The first-order valence-corrected chi connectivity index (χ1v) is 2.13. The second-order valence-corrected chi connectivity index (χ2v) is 1.00. The molecule has 4 nitrogen and oxygen atoms in total. The molecule has 0 radical (unpaired) electrons. The summed E-state index contributed by atoms with van der Waals surface area (Å²) in [4.78, 5) is 8.89. The van der Waals surface area contributed by atoms with Crippen molar-refractivity contribution in [2.24, 2.45) is 5.73 Å². The molecule has 0 atom stereocenters. The van der Waals surface area contributed by atoms with Crippen LogP contribution >= 0.6 is 0 Å². The summed E-state index contributed by atoms with van der Waals surface area (Å²) in [6.07, 6.45) is 0. The molecule has 3 N–H and O–H groups in total. The van der Waals surface area contributed by atoms with E-state index >= 15 is 0 Å². The van der Waals surface area contributed by atoms with Gasteiger partial charge in [-0.05, 0) is 6.92 Å². The number of aliphatic hydroxyl groups is 1. The number of carboxylic acid groups (broad SMARTS) is 1. The predicted octanol–water partition coefficient (Wildman–Crippen LogP) is -2.31. The van der Waals surface area contributed by atoms with E-state index in [1.807, 2.05) is 0 Å². The SMILES string of the molecule is CC(=O)[O-].NCCO.[Ag+]. The van der Waals surface area contributed by atoms with Gasteiger partial charge in [0.2, 0.25) is 0 Å². The second kappa shape index (κ2) is 15.7. The molecule has 0 fully saturated rings. The van der Waals surface area contributed by atoms with Gasteiger partial charge in [-0.3, -0.25) is 0 Å². The van der Waals surface area contributed by atoms with Gasteiger partial charge in [-0.2, -0.15) is 0 Å². The van der Waals surface area contributed by atoms with Crippen molar-refractivity contribution in [1.82, 2.24) is 0 Å². The number of carbonyl (C=O) groups excluding carboxylic acids is 1. The van der Waals surface area contributed by atoms with Gasteiger partial charge in [-0.25, -0.2) is 0 Å². The van der Waals surface area contributed by atoms with Crippen molar-refractivity contribution >= 4 is 5.97 Å². The van der Waals surface area contributed by atoms with Crippen molar-refractivity contribution < 1.29 is 37.4 Å². The van der Waals surface area contributed by atoms with Crippen molar-refractivity contribution in [3.05, 3.63) is 0 Å². The third kappa shape index (κ3) is 239. The average molecular weight is 228 g/mol. The zero-order chi connectivity index (χ0) is 6.99. The van der Waals surface area contributed by atoms with E-state index in [2.05, 4.69) is 0 Å². The summed E-state index contributed by atoms with van der Waals surface area (Å²) in [5, 5.41) is 16.6. The van der Waals surface area contributed by atoms with Gasteiger partial charge in [0.15, 0.2) is 0 Å². The Labute approximate surface area is 69.6 Å². The first-order valence-electron chi connectivity index (χ1n) is 2.13. The minimum absolute atomic E-state index is 0. The van der Waals surface area contributed by atoms with E-state index < -0.39 is 5.97 Å². The van der Waals surface area contributed by atoms with Gasteiger partial charge >= 0.3 is 22.4 Å². The van der Waals surface area contributed by atoms with Gasteiger partial charge in [0, 0.05) is 12.5 Å². The Hall–Kier alpha value is 0.130. The normalized spacial score (nSPS) is 6.11. The molecule has 0 aliphatic carbocycles. The molecule has 5 heteroatoms. The number of hydrogen-bond donors (Lipinski definition) is 2. The predicted molar refractivity (Wildman–Crippen MR) is 26.8 cm³/mol. The van der Waals surface area contributed by atoms with Crippen LogP contribution in [0, 0.1) is 0 Å². The van der Waals surface area contributed by atoms with E-state index in [-0.39, 0.29) is 29.0 Å². The van der Waals surface area contributed by atoms with Crippen LogP contribution in [0.3, 0.4) is 0 Å². The maximum Gasteiger partial charge on any atom is 1.00 e.